The molecule has 1 N–H and O–H groups in total. The minimum absolute atomic E-state index is 0.0150. The van der Waals surface area contributed by atoms with Crippen LogP contribution in [-0.2, 0) is 4.74 Å². The highest BCUT2D eigenvalue weighted by molar-refractivity contribution is 4.86. The van der Waals surface area contributed by atoms with Crippen molar-refractivity contribution in [3.8, 4) is 0 Å². The summed E-state index contributed by atoms with van der Waals surface area (Å²) < 4.78 is 5.40. The Kier molecular flexibility index (Phi) is 4.19. The largest absolute Gasteiger partial charge is 0.379 e. The molecule has 0 saturated heterocycles. The van der Waals surface area contributed by atoms with Crippen molar-refractivity contribution in [2.24, 2.45) is 5.41 Å². The number of rotatable bonds is 5. The first-order chi connectivity index (χ1) is 6.85. The average Bonchev–Trinajstić information content (AvgIpc) is 2.45. The van der Waals surface area contributed by atoms with E-state index in [0.717, 1.165) is 19.0 Å². The van der Waals surface area contributed by atoms with Gasteiger partial charge in [-0.25, -0.2) is 0 Å². The van der Waals surface area contributed by atoms with Crippen molar-refractivity contribution in [3.63, 3.8) is 0 Å². The Balaban J connectivity index is 2.17. The molecule has 1 fully saturated rings. The van der Waals surface area contributed by atoms with Gasteiger partial charge in [-0.3, -0.25) is 0 Å². The predicted molar refractivity (Wildman–Crippen MR) is 65.1 cm³/mol. The number of ether oxygens (including phenoxy) is 1. The zero-order valence-corrected chi connectivity index (χ0v) is 11.0. The van der Waals surface area contributed by atoms with E-state index >= 15 is 0 Å². The third-order valence-electron chi connectivity index (χ3n) is 3.68. The van der Waals surface area contributed by atoms with Crippen LogP contribution in [0.5, 0.6) is 0 Å². The van der Waals surface area contributed by atoms with Gasteiger partial charge in [0.1, 0.15) is 0 Å². The molecule has 0 radical (unpaired) electrons. The molecule has 2 heteroatoms. The fraction of sp³-hybridized carbons (Fsp3) is 1.00. The molecule has 1 unspecified atom stereocenters. The van der Waals surface area contributed by atoms with Crippen LogP contribution in [0.4, 0.5) is 0 Å². The van der Waals surface area contributed by atoms with Gasteiger partial charge in [0.05, 0.1) is 5.60 Å². The molecule has 2 nitrogen and oxygen atoms in total. The number of methoxy groups -OCH3 is 1. The Labute approximate surface area is 94.8 Å². The second-order valence-electron chi connectivity index (χ2n) is 6.27. The standard InChI is InChI=1S/C13H27NO/c1-12(2)7-6-11(10-12)14-9-8-13(3,4)15-5/h11,14H,6-10H2,1-5H3. The number of nitrogens with one attached hydrogen (secondary N) is 1. The quantitative estimate of drug-likeness (QED) is 0.758. The highest BCUT2D eigenvalue weighted by Gasteiger charge is 2.30. The Bertz CT molecular complexity index is 199. The average molecular weight is 213 g/mol. The van der Waals surface area contributed by atoms with Crippen LogP contribution in [0.15, 0.2) is 0 Å². The minimum Gasteiger partial charge on any atom is -0.379 e. The van der Waals surface area contributed by atoms with Gasteiger partial charge in [0.25, 0.3) is 0 Å². The summed E-state index contributed by atoms with van der Waals surface area (Å²) in [4.78, 5) is 0. The third kappa shape index (κ3) is 4.52. The molecule has 90 valence electrons. The molecule has 0 bridgehead atoms. The maximum absolute atomic E-state index is 5.40. The summed E-state index contributed by atoms with van der Waals surface area (Å²) in [5, 5.41) is 3.65. The van der Waals surface area contributed by atoms with Gasteiger partial charge in [0, 0.05) is 13.2 Å². The summed E-state index contributed by atoms with van der Waals surface area (Å²) in [6, 6.07) is 0.729. The van der Waals surface area contributed by atoms with Crippen LogP contribution in [0.2, 0.25) is 0 Å². The van der Waals surface area contributed by atoms with Crippen LogP contribution in [0.25, 0.3) is 0 Å². The molecular formula is C13H27NO. The topological polar surface area (TPSA) is 21.3 Å². The second kappa shape index (κ2) is 4.84. The highest BCUT2D eigenvalue weighted by Crippen LogP contribution is 2.36. The molecule has 0 aromatic carbocycles. The molecule has 1 saturated carbocycles. The van der Waals surface area contributed by atoms with E-state index in [0.29, 0.717) is 5.41 Å². The van der Waals surface area contributed by atoms with Gasteiger partial charge < -0.3 is 10.1 Å². The first kappa shape index (κ1) is 13.0. The van der Waals surface area contributed by atoms with Crippen LogP contribution < -0.4 is 5.32 Å². The van der Waals surface area contributed by atoms with Gasteiger partial charge in [0.15, 0.2) is 0 Å². The van der Waals surface area contributed by atoms with Crippen LogP contribution in [-0.4, -0.2) is 25.3 Å². The van der Waals surface area contributed by atoms with E-state index in [2.05, 4.69) is 33.0 Å². The lowest BCUT2D eigenvalue weighted by Crippen LogP contribution is -2.33. The van der Waals surface area contributed by atoms with Crippen molar-refractivity contribution in [2.45, 2.75) is 65.0 Å². The molecule has 1 atom stereocenters. The third-order valence-corrected chi connectivity index (χ3v) is 3.68. The van der Waals surface area contributed by atoms with Crippen molar-refractivity contribution in [1.82, 2.24) is 5.32 Å². The fourth-order valence-electron chi connectivity index (χ4n) is 2.29. The second-order valence-corrected chi connectivity index (χ2v) is 6.27. The molecule has 0 aliphatic heterocycles. The molecule has 0 spiro atoms. The van der Waals surface area contributed by atoms with Gasteiger partial charge in [-0.2, -0.15) is 0 Å². The summed E-state index contributed by atoms with van der Waals surface area (Å²) in [6.07, 6.45) is 5.10. The maximum Gasteiger partial charge on any atom is 0.0634 e. The molecule has 0 heterocycles. The number of hydrogen-bond acceptors (Lipinski definition) is 2. The van der Waals surface area contributed by atoms with Crippen LogP contribution in [0.1, 0.15) is 53.4 Å². The Morgan fingerprint density at radius 2 is 2.07 bits per heavy atom. The summed E-state index contributed by atoms with van der Waals surface area (Å²) in [5.41, 5.74) is 0.565. The Hall–Kier alpha value is -0.0800. The summed E-state index contributed by atoms with van der Waals surface area (Å²) in [7, 11) is 1.79. The molecule has 0 aromatic heterocycles. The summed E-state index contributed by atoms with van der Waals surface area (Å²) in [5.74, 6) is 0. The van der Waals surface area contributed by atoms with Crippen molar-refractivity contribution in [3.05, 3.63) is 0 Å². The SMILES string of the molecule is COC(C)(C)CCNC1CCC(C)(C)C1. The minimum atomic E-state index is 0.0150. The fourth-order valence-corrected chi connectivity index (χ4v) is 2.29. The van der Waals surface area contributed by atoms with E-state index in [1.165, 1.54) is 19.3 Å². The molecular weight excluding hydrogens is 186 g/mol. The van der Waals surface area contributed by atoms with Gasteiger partial charge in [0.2, 0.25) is 0 Å². The molecule has 0 aromatic rings. The van der Waals surface area contributed by atoms with Crippen LogP contribution in [0, 0.1) is 5.41 Å². The molecule has 15 heavy (non-hydrogen) atoms. The van der Waals surface area contributed by atoms with Crippen molar-refractivity contribution in [1.29, 1.82) is 0 Å². The van der Waals surface area contributed by atoms with E-state index in [1.807, 2.05) is 0 Å². The Morgan fingerprint density at radius 3 is 2.53 bits per heavy atom. The molecule has 1 aliphatic carbocycles. The van der Waals surface area contributed by atoms with Gasteiger partial charge in [-0.05, 0) is 51.5 Å². The lowest BCUT2D eigenvalue weighted by molar-refractivity contribution is 0.0153. The first-order valence-electron chi connectivity index (χ1n) is 6.13. The van der Waals surface area contributed by atoms with Crippen molar-refractivity contribution >= 4 is 0 Å². The van der Waals surface area contributed by atoms with Gasteiger partial charge in [-0.1, -0.05) is 13.8 Å². The highest BCUT2D eigenvalue weighted by atomic mass is 16.5. The van der Waals surface area contributed by atoms with Crippen LogP contribution in [0.3, 0.4) is 0 Å². The zero-order chi connectivity index (χ0) is 11.5. The predicted octanol–water partition coefficient (Wildman–Crippen LogP) is 2.97. The maximum atomic E-state index is 5.40. The Morgan fingerprint density at radius 1 is 1.40 bits per heavy atom. The summed E-state index contributed by atoms with van der Waals surface area (Å²) >= 11 is 0. The van der Waals surface area contributed by atoms with Crippen LogP contribution >= 0.6 is 0 Å². The summed E-state index contributed by atoms with van der Waals surface area (Å²) in [6.45, 7) is 10.1. The van der Waals surface area contributed by atoms with Gasteiger partial charge >= 0.3 is 0 Å². The smallest absolute Gasteiger partial charge is 0.0634 e. The number of hydrogen-bond donors (Lipinski definition) is 1. The normalized spacial score (nSPS) is 25.8. The van der Waals surface area contributed by atoms with E-state index in [1.54, 1.807) is 7.11 Å². The lowest BCUT2D eigenvalue weighted by atomic mass is 9.92. The molecule has 1 aliphatic rings. The zero-order valence-electron chi connectivity index (χ0n) is 11.0. The molecule has 1 rings (SSSR count). The monoisotopic (exact) mass is 213 g/mol. The van der Waals surface area contributed by atoms with Crippen molar-refractivity contribution < 1.29 is 4.74 Å². The lowest BCUT2D eigenvalue weighted by Gasteiger charge is -2.24. The first-order valence-corrected chi connectivity index (χ1v) is 6.13. The van der Waals surface area contributed by atoms with E-state index in [4.69, 9.17) is 4.74 Å². The van der Waals surface area contributed by atoms with Crippen molar-refractivity contribution in [2.75, 3.05) is 13.7 Å². The molecule has 0 amide bonds. The van der Waals surface area contributed by atoms with E-state index < -0.39 is 0 Å². The van der Waals surface area contributed by atoms with E-state index in [-0.39, 0.29) is 5.60 Å². The van der Waals surface area contributed by atoms with Gasteiger partial charge in [-0.15, -0.1) is 0 Å². The van der Waals surface area contributed by atoms with E-state index in [9.17, 15) is 0 Å².